The summed E-state index contributed by atoms with van der Waals surface area (Å²) in [5, 5.41) is 21.7. The van der Waals surface area contributed by atoms with Crippen molar-refractivity contribution in [1.82, 2.24) is 14.9 Å². The summed E-state index contributed by atoms with van der Waals surface area (Å²) in [6, 6.07) is 12.0. The highest BCUT2D eigenvalue weighted by atomic mass is 35.5. The van der Waals surface area contributed by atoms with E-state index >= 15 is 0 Å². The monoisotopic (exact) mass is 463 g/mol. The number of halogens is 4. The second kappa shape index (κ2) is 9.30. The number of likely N-dealkylation sites (N-methyl/N-ethyl adjacent to an activating group) is 1. The van der Waals surface area contributed by atoms with E-state index in [0.29, 0.717) is 11.0 Å². The summed E-state index contributed by atoms with van der Waals surface area (Å²) in [6.07, 6.45) is -4.66. The van der Waals surface area contributed by atoms with Crippen LogP contribution in [0.5, 0.6) is 0 Å². The first-order valence-electron chi connectivity index (χ1n) is 9.21. The molecule has 1 amide bonds. The van der Waals surface area contributed by atoms with E-state index in [0.717, 1.165) is 12.1 Å². The Morgan fingerprint density at radius 3 is 2.66 bits per heavy atom. The van der Waals surface area contributed by atoms with Crippen molar-refractivity contribution in [3.63, 3.8) is 0 Å². The van der Waals surface area contributed by atoms with E-state index in [4.69, 9.17) is 11.6 Å². The van der Waals surface area contributed by atoms with Crippen LogP contribution in [0.2, 0.25) is 5.02 Å². The lowest BCUT2D eigenvalue weighted by atomic mass is 10.2. The third kappa shape index (κ3) is 5.38. The van der Waals surface area contributed by atoms with Gasteiger partial charge in [-0.15, -0.1) is 0 Å². The summed E-state index contributed by atoms with van der Waals surface area (Å²) in [7, 11) is 1.51. The largest absolute Gasteiger partial charge is 0.509 e. The normalized spacial score (nSPS) is 12.5. The molecule has 0 bridgehead atoms. The number of aliphatic hydroxyl groups is 1. The lowest BCUT2D eigenvalue weighted by Crippen LogP contribution is -2.32. The smallest absolute Gasteiger partial charge is 0.417 e. The van der Waals surface area contributed by atoms with Crippen molar-refractivity contribution in [1.29, 1.82) is 5.26 Å². The Labute approximate surface area is 185 Å². The first-order valence-corrected chi connectivity index (χ1v) is 9.58. The third-order valence-corrected chi connectivity index (χ3v) is 4.74. The molecule has 0 unspecified atom stereocenters. The number of aliphatic hydroxyl groups excluding tert-OH is 1. The summed E-state index contributed by atoms with van der Waals surface area (Å²) < 4.78 is 38.9. The number of aromatic nitrogens is 2. The predicted octanol–water partition coefficient (Wildman–Crippen LogP) is 4.60. The Morgan fingerprint density at radius 2 is 2.00 bits per heavy atom. The molecule has 0 spiro atoms. The maximum absolute atomic E-state index is 13.0. The van der Waals surface area contributed by atoms with Gasteiger partial charge in [-0.05, 0) is 37.4 Å². The molecule has 0 aliphatic heterocycles. The van der Waals surface area contributed by atoms with E-state index in [2.05, 4.69) is 15.3 Å². The molecule has 3 rings (SSSR count). The average molecular weight is 464 g/mol. The number of allylic oxidation sites excluding steroid dienone is 1. The zero-order chi connectivity index (χ0) is 23.5. The molecule has 3 N–H and O–H groups in total. The molecule has 1 aromatic heterocycles. The Kier molecular flexibility index (Phi) is 6.72. The molecule has 166 valence electrons. The molecule has 0 saturated heterocycles. The Bertz CT molecular complexity index is 1200. The van der Waals surface area contributed by atoms with E-state index in [-0.39, 0.29) is 35.9 Å². The number of amides is 1. The number of imidazole rings is 1. The summed E-state index contributed by atoms with van der Waals surface area (Å²) in [5.74, 6) is -0.740. The Balaban J connectivity index is 1.68. The van der Waals surface area contributed by atoms with Gasteiger partial charge in [0.1, 0.15) is 17.4 Å². The number of nitrogens with zero attached hydrogens (tertiary/aromatic N) is 3. The maximum Gasteiger partial charge on any atom is 0.417 e. The fraction of sp³-hybridized carbons (Fsp3) is 0.190. The number of para-hydroxylation sites is 2. The van der Waals surface area contributed by atoms with Crippen LogP contribution in [0.4, 0.5) is 18.9 Å². The molecular formula is C21H17ClF3N5O2. The lowest BCUT2D eigenvalue weighted by molar-refractivity contribution is -0.137. The van der Waals surface area contributed by atoms with Gasteiger partial charge in [0.15, 0.2) is 5.82 Å². The Hall–Kier alpha value is -3.55. The van der Waals surface area contributed by atoms with Gasteiger partial charge in [-0.1, -0.05) is 23.7 Å². The van der Waals surface area contributed by atoms with Crippen LogP contribution in [0.1, 0.15) is 11.4 Å². The van der Waals surface area contributed by atoms with Crippen molar-refractivity contribution in [2.24, 2.45) is 0 Å². The van der Waals surface area contributed by atoms with Crippen LogP contribution in [0.25, 0.3) is 16.6 Å². The van der Waals surface area contributed by atoms with Crippen LogP contribution < -0.4 is 5.32 Å². The number of nitriles is 1. The average Bonchev–Trinajstić information content (AvgIpc) is 3.12. The summed E-state index contributed by atoms with van der Waals surface area (Å²) in [6.45, 7) is -0.422. The van der Waals surface area contributed by atoms with Crippen LogP contribution in [0, 0.1) is 11.3 Å². The Morgan fingerprint density at radius 1 is 1.28 bits per heavy atom. The molecule has 3 aromatic rings. The zero-order valence-corrected chi connectivity index (χ0v) is 17.4. The van der Waals surface area contributed by atoms with Crippen LogP contribution in [-0.4, -0.2) is 46.0 Å². The summed E-state index contributed by atoms with van der Waals surface area (Å²) in [5.41, 5.74) is 0.102. The first kappa shape index (κ1) is 23.1. The number of anilines is 1. The third-order valence-electron chi connectivity index (χ3n) is 4.42. The van der Waals surface area contributed by atoms with Gasteiger partial charge in [0.25, 0.3) is 0 Å². The van der Waals surface area contributed by atoms with Crippen LogP contribution in [0.3, 0.4) is 0 Å². The van der Waals surface area contributed by atoms with Crippen molar-refractivity contribution in [2.45, 2.75) is 6.18 Å². The highest BCUT2D eigenvalue weighted by molar-refractivity contribution is 6.31. The van der Waals surface area contributed by atoms with Gasteiger partial charge < -0.3 is 15.4 Å². The molecule has 0 atom stereocenters. The van der Waals surface area contributed by atoms with Crippen LogP contribution in [-0.2, 0) is 11.0 Å². The molecule has 0 fully saturated rings. The molecule has 32 heavy (non-hydrogen) atoms. The zero-order valence-electron chi connectivity index (χ0n) is 16.7. The van der Waals surface area contributed by atoms with E-state index < -0.39 is 22.7 Å². The molecule has 11 heteroatoms. The minimum absolute atomic E-state index is 0.0696. The first-order chi connectivity index (χ1) is 15.1. The van der Waals surface area contributed by atoms with Gasteiger partial charge >= 0.3 is 6.18 Å². The number of carbonyl (C=O) groups is 1. The highest BCUT2D eigenvalue weighted by Crippen LogP contribution is 2.36. The van der Waals surface area contributed by atoms with Gasteiger partial charge in [-0.2, -0.15) is 18.4 Å². The van der Waals surface area contributed by atoms with Gasteiger partial charge in [-0.25, -0.2) is 4.98 Å². The summed E-state index contributed by atoms with van der Waals surface area (Å²) >= 11 is 5.57. The number of rotatable bonds is 6. The fourth-order valence-corrected chi connectivity index (χ4v) is 3.21. The van der Waals surface area contributed by atoms with Crippen molar-refractivity contribution >= 4 is 39.8 Å². The SMILES string of the molecule is CN(CC(=O)Nc1ccc(Cl)c(C(F)(F)F)c1)C/C(O)=C(\C#N)c1nc2ccccc2[nH]1. The number of aromatic amines is 1. The molecular weight excluding hydrogens is 447 g/mol. The minimum atomic E-state index is -4.66. The molecule has 0 aliphatic rings. The number of alkyl halides is 3. The van der Waals surface area contributed by atoms with Gasteiger partial charge in [-0.3, -0.25) is 9.69 Å². The number of fused-ring (bicyclic) bond motifs is 1. The topological polar surface area (TPSA) is 105 Å². The number of hydrogen-bond acceptors (Lipinski definition) is 5. The van der Waals surface area contributed by atoms with Gasteiger partial charge in [0.05, 0.1) is 34.7 Å². The second-order valence-corrected chi connectivity index (χ2v) is 7.36. The predicted molar refractivity (Wildman–Crippen MR) is 114 cm³/mol. The number of hydrogen-bond donors (Lipinski definition) is 3. The second-order valence-electron chi connectivity index (χ2n) is 6.95. The van der Waals surface area contributed by atoms with E-state index in [9.17, 15) is 28.3 Å². The molecule has 0 aliphatic carbocycles. The summed E-state index contributed by atoms with van der Waals surface area (Å²) in [4.78, 5) is 20.8. The van der Waals surface area contributed by atoms with E-state index in [1.165, 1.54) is 18.0 Å². The van der Waals surface area contributed by atoms with Crippen molar-refractivity contribution in [3.05, 3.63) is 64.6 Å². The van der Waals surface area contributed by atoms with Crippen LogP contribution >= 0.6 is 11.6 Å². The van der Waals surface area contributed by atoms with Crippen molar-refractivity contribution < 1.29 is 23.1 Å². The van der Waals surface area contributed by atoms with Gasteiger partial charge in [0.2, 0.25) is 5.91 Å². The number of benzene rings is 2. The standard InChI is InChI=1S/C21H17ClF3N5O2/c1-30(11-19(32)27-12-6-7-15(22)14(8-12)21(23,24)25)10-18(31)13(9-26)20-28-16-4-2-3-5-17(16)29-20/h2-8,31H,10-11H2,1H3,(H,27,32)(H,28,29)/b18-13-. The number of nitrogens with one attached hydrogen (secondary N) is 2. The highest BCUT2D eigenvalue weighted by Gasteiger charge is 2.33. The molecule has 0 saturated carbocycles. The number of H-pyrrole nitrogens is 1. The molecule has 7 nitrogen and oxygen atoms in total. The van der Waals surface area contributed by atoms with E-state index in [1.54, 1.807) is 24.3 Å². The molecule has 1 heterocycles. The van der Waals surface area contributed by atoms with Crippen molar-refractivity contribution in [2.75, 3.05) is 25.5 Å². The van der Waals surface area contributed by atoms with Gasteiger partial charge in [0, 0.05) is 5.69 Å². The maximum atomic E-state index is 13.0. The fourth-order valence-electron chi connectivity index (χ4n) is 2.98. The van der Waals surface area contributed by atoms with Crippen LogP contribution in [0.15, 0.2) is 48.2 Å². The molecule has 2 aromatic carbocycles. The van der Waals surface area contributed by atoms with Crippen molar-refractivity contribution in [3.8, 4) is 6.07 Å². The quantitative estimate of drug-likeness (QED) is 0.366. The lowest BCUT2D eigenvalue weighted by Gasteiger charge is -2.17. The minimum Gasteiger partial charge on any atom is -0.509 e. The molecule has 0 radical (unpaired) electrons. The van der Waals surface area contributed by atoms with E-state index in [1.807, 2.05) is 6.07 Å². The number of carbonyl (C=O) groups excluding carboxylic acids is 1.